The summed E-state index contributed by atoms with van der Waals surface area (Å²) in [5.74, 6) is -4.20. The molecule has 1 unspecified atom stereocenters. The minimum Gasteiger partial charge on any atom is -0.370 e. The van der Waals surface area contributed by atoms with Crippen molar-refractivity contribution in [2.24, 2.45) is 20.0 Å². The van der Waals surface area contributed by atoms with Crippen molar-refractivity contribution in [2.75, 3.05) is 76.2 Å². The fraction of sp³-hybridized carbons (Fsp3) is 0.449. The summed E-state index contributed by atoms with van der Waals surface area (Å²) >= 11 is 0. The van der Waals surface area contributed by atoms with Crippen LogP contribution in [0.4, 0.5) is 29.1 Å². The van der Waals surface area contributed by atoms with E-state index in [9.17, 15) is 28.4 Å². The Morgan fingerprint density at radius 3 is 2.17 bits per heavy atom. The molecule has 0 bridgehead atoms. The Labute approximate surface area is 399 Å². The van der Waals surface area contributed by atoms with E-state index in [4.69, 9.17) is 0 Å². The molecule has 4 aliphatic heterocycles. The molecule has 70 heavy (non-hydrogen) atoms. The van der Waals surface area contributed by atoms with Crippen LogP contribution >= 0.6 is 0 Å². The van der Waals surface area contributed by atoms with E-state index in [-0.39, 0.29) is 35.7 Å². The number of nitrogens with zero attached hydrogens (tertiary/aromatic N) is 10. The van der Waals surface area contributed by atoms with Crippen molar-refractivity contribution in [3.8, 4) is 5.69 Å². The molecular weight excluding hydrogens is 913 g/mol. The number of piperazine rings is 1. The molecule has 0 saturated carbocycles. The van der Waals surface area contributed by atoms with Gasteiger partial charge in [-0.05, 0) is 87.4 Å². The van der Waals surface area contributed by atoms with Gasteiger partial charge in [0.25, 0.3) is 5.91 Å². The maximum absolute atomic E-state index is 15.8. The molecule has 10 rings (SSSR count). The number of carbonyl (C=O) groups is 3. The number of amides is 3. The average molecular weight is 967 g/mol. The first-order chi connectivity index (χ1) is 33.7. The van der Waals surface area contributed by atoms with Gasteiger partial charge in [0.05, 0.1) is 28.6 Å². The number of aromatic nitrogens is 6. The van der Waals surface area contributed by atoms with Crippen LogP contribution in [0, 0.1) is 29.2 Å². The van der Waals surface area contributed by atoms with Crippen LogP contribution in [0.1, 0.15) is 72.1 Å². The second kappa shape index (κ2) is 18.8. The summed E-state index contributed by atoms with van der Waals surface area (Å²) in [6.45, 7) is 5.84. The van der Waals surface area contributed by atoms with E-state index in [1.807, 2.05) is 22.6 Å². The van der Waals surface area contributed by atoms with Crippen LogP contribution in [0.2, 0.25) is 0 Å². The van der Waals surface area contributed by atoms with Crippen molar-refractivity contribution in [1.29, 1.82) is 0 Å². The number of nitrogens with one attached hydrogen (secondary N) is 2. The number of halogens is 4. The number of imide groups is 1. The van der Waals surface area contributed by atoms with E-state index in [0.717, 1.165) is 35.8 Å². The summed E-state index contributed by atoms with van der Waals surface area (Å²) in [5, 5.41) is 5.50. The number of benzene rings is 2. The van der Waals surface area contributed by atoms with E-state index in [2.05, 4.69) is 30.4 Å². The summed E-state index contributed by atoms with van der Waals surface area (Å²) in [6.07, 6.45) is 5.38. The summed E-state index contributed by atoms with van der Waals surface area (Å²) in [6, 6.07) is 7.94. The van der Waals surface area contributed by atoms with Crippen molar-refractivity contribution in [1.82, 2.24) is 48.3 Å². The largest absolute Gasteiger partial charge is 0.370 e. The molecule has 0 spiro atoms. The van der Waals surface area contributed by atoms with E-state index < -0.39 is 58.4 Å². The topological polar surface area (TPSA) is 168 Å². The zero-order chi connectivity index (χ0) is 49.1. The summed E-state index contributed by atoms with van der Waals surface area (Å²) < 4.78 is 67.8. The molecular formula is C49H54F4N12O5. The van der Waals surface area contributed by atoms with Crippen molar-refractivity contribution in [3.63, 3.8) is 0 Å². The second-order valence-electron chi connectivity index (χ2n) is 19.0. The third-order valence-electron chi connectivity index (χ3n) is 14.9. The summed E-state index contributed by atoms with van der Waals surface area (Å²) in [5.41, 5.74) is 2.00. The average Bonchev–Trinajstić information content (AvgIpc) is 3.79. The SMILES string of the molecule is CNc1nc(=O)n(-c2ccnc3c2cc(CN2CCC(c4c(F)cc(C(=O)N5CCC(CN6CCN(c7cc8c(cc7F)n(C7CCC(=O)NC7=O)c(=O)n8C)CC6)CC5)cc4F)CC2)n3C)cc1F. The smallest absolute Gasteiger partial charge is 0.354 e. The van der Waals surface area contributed by atoms with Crippen LogP contribution in [-0.4, -0.2) is 127 Å². The third kappa shape index (κ3) is 8.62. The second-order valence-corrected chi connectivity index (χ2v) is 19.0. The molecule has 8 heterocycles. The Hall–Kier alpha value is -6.87. The zero-order valence-corrected chi connectivity index (χ0v) is 39.2. The molecule has 21 heteroatoms. The number of piperidine rings is 3. The van der Waals surface area contributed by atoms with E-state index in [0.29, 0.717) is 111 Å². The van der Waals surface area contributed by atoms with Crippen LogP contribution in [-0.2, 0) is 30.2 Å². The maximum Gasteiger partial charge on any atom is 0.354 e. The van der Waals surface area contributed by atoms with Gasteiger partial charge >= 0.3 is 11.4 Å². The molecule has 17 nitrogen and oxygen atoms in total. The number of anilines is 2. The van der Waals surface area contributed by atoms with Crippen molar-refractivity contribution >= 4 is 51.3 Å². The lowest BCUT2D eigenvalue weighted by Crippen LogP contribution is -2.49. The monoisotopic (exact) mass is 966 g/mol. The Morgan fingerprint density at radius 1 is 0.771 bits per heavy atom. The molecule has 0 aliphatic carbocycles. The first-order valence-corrected chi connectivity index (χ1v) is 23.8. The Bertz CT molecular complexity index is 3150. The molecule has 1 atom stereocenters. The number of fused-ring (bicyclic) bond motifs is 2. The number of hydrogen-bond acceptors (Lipinski definition) is 11. The predicted octanol–water partition coefficient (Wildman–Crippen LogP) is 4.40. The molecule has 4 fully saturated rings. The number of imidazole rings is 1. The van der Waals surface area contributed by atoms with E-state index >= 15 is 13.2 Å². The molecule has 4 aliphatic rings. The lowest BCUT2D eigenvalue weighted by atomic mass is 9.87. The van der Waals surface area contributed by atoms with Crippen LogP contribution in [0.3, 0.4) is 0 Å². The fourth-order valence-electron chi connectivity index (χ4n) is 11.0. The minimum absolute atomic E-state index is 0.00167. The van der Waals surface area contributed by atoms with Gasteiger partial charge in [-0.15, -0.1) is 0 Å². The molecule has 6 aromatic rings. The minimum atomic E-state index is -0.905. The van der Waals surface area contributed by atoms with E-state index in [1.54, 1.807) is 30.3 Å². The Balaban J connectivity index is 0.712. The number of aryl methyl sites for hydroxylation is 2. The van der Waals surface area contributed by atoms with Gasteiger partial charge < -0.3 is 19.7 Å². The van der Waals surface area contributed by atoms with Crippen molar-refractivity contribution < 1.29 is 31.9 Å². The highest BCUT2D eigenvalue weighted by molar-refractivity contribution is 6.00. The van der Waals surface area contributed by atoms with Crippen LogP contribution < -0.4 is 26.9 Å². The first-order valence-electron chi connectivity index (χ1n) is 23.8. The maximum atomic E-state index is 15.8. The quantitative estimate of drug-likeness (QED) is 0.148. The number of pyridine rings is 1. The van der Waals surface area contributed by atoms with Gasteiger partial charge in [-0.3, -0.25) is 43.2 Å². The predicted molar refractivity (Wildman–Crippen MR) is 253 cm³/mol. The van der Waals surface area contributed by atoms with Gasteiger partial charge in [-0.2, -0.15) is 4.98 Å². The first kappa shape index (κ1) is 46.8. The molecule has 3 amide bonds. The summed E-state index contributed by atoms with van der Waals surface area (Å²) in [7, 11) is 4.93. The fourth-order valence-corrected chi connectivity index (χ4v) is 11.0. The van der Waals surface area contributed by atoms with Gasteiger partial charge in [0.1, 0.15) is 29.1 Å². The standard InChI is InChI=1S/C49H54F4N12O5/c1-54-44-36(53)27-64(48(69)57-44)37-6-11-55-45-32(37)22-31(58(45)2)26-60-12-9-29(10-13-60)43-34(51)20-30(21-35(43)52)47(68)63-14-7-28(8-15-63)25-61-16-18-62(19-17-61)39-24-40-41(23-33(39)50)65(49(70)59(40)3)38-4-5-42(66)56-46(38)67/h6,11,20-24,27-29,38H,4-5,7-10,12-19,25-26H2,1-3H3,(H,54,57,69)(H,56,66,67). The Morgan fingerprint density at radius 2 is 1.49 bits per heavy atom. The van der Waals surface area contributed by atoms with Gasteiger partial charge in [-0.1, -0.05) is 0 Å². The highest BCUT2D eigenvalue weighted by Gasteiger charge is 2.34. The lowest BCUT2D eigenvalue weighted by Gasteiger charge is -2.39. The number of hydrogen-bond donors (Lipinski definition) is 2. The number of carbonyl (C=O) groups excluding carboxylic acids is 3. The number of likely N-dealkylation sites (tertiary alicyclic amines) is 2. The molecule has 4 saturated heterocycles. The van der Waals surface area contributed by atoms with Crippen LogP contribution in [0.15, 0.2) is 58.4 Å². The normalized spacial score (nSPS) is 19.2. The van der Waals surface area contributed by atoms with Gasteiger partial charge in [0.15, 0.2) is 11.6 Å². The highest BCUT2D eigenvalue weighted by Crippen LogP contribution is 2.35. The van der Waals surface area contributed by atoms with Crippen molar-refractivity contribution in [3.05, 3.63) is 110 Å². The van der Waals surface area contributed by atoms with Crippen molar-refractivity contribution in [2.45, 2.75) is 57.0 Å². The summed E-state index contributed by atoms with van der Waals surface area (Å²) in [4.78, 5) is 80.5. The lowest BCUT2D eigenvalue weighted by molar-refractivity contribution is -0.135. The number of rotatable bonds is 10. The van der Waals surface area contributed by atoms with Gasteiger partial charge in [0.2, 0.25) is 11.8 Å². The van der Waals surface area contributed by atoms with Gasteiger partial charge in [0, 0.05) is 114 Å². The molecule has 368 valence electrons. The third-order valence-corrected chi connectivity index (χ3v) is 14.9. The molecule has 2 aromatic carbocycles. The zero-order valence-electron chi connectivity index (χ0n) is 39.2. The molecule has 4 aromatic heterocycles. The van der Waals surface area contributed by atoms with Crippen LogP contribution in [0.5, 0.6) is 0 Å². The van der Waals surface area contributed by atoms with Crippen LogP contribution in [0.25, 0.3) is 27.8 Å². The molecule has 0 radical (unpaired) electrons. The van der Waals surface area contributed by atoms with Gasteiger partial charge in [-0.25, -0.2) is 32.1 Å². The highest BCUT2D eigenvalue weighted by atomic mass is 19.1. The van der Waals surface area contributed by atoms with E-state index in [1.165, 1.54) is 34.4 Å². The Kier molecular flexibility index (Phi) is 12.6. The molecule has 2 N–H and O–H groups in total.